The number of nitrogens with one attached hydrogen (secondary N) is 1. The van der Waals surface area contributed by atoms with Crippen molar-refractivity contribution in [2.75, 3.05) is 11.9 Å². The molecule has 0 saturated carbocycles. The molecule has 2 aromatic carbocycles. The molecule has 20 heavy (non-hydrogen) atoms. The van der Waals surface area contributed by atoms with E-state index >= 15 is 0 Å². The van der Waals surface area contributed by atoms with Crippen LogP contribution < -0.4 is 10.1 Å². The number of ether oxygens (including phenoxy) is 1. The molecule has 0 saturated heterocycles. The van der Waals surface area contributed by atoms with E-state index in [1.807, 2.05) is 12.1 Å². The molecule has 4 heteroatoms. The molecule has 1 unspecified atom stereocenters. The van der Waals surface area contributed by atoms with Crippen LogP contribution in [0.25, 0.3) is 0 Å². The molecule has 0 radical (unpaired) electrons. The number of fused-ring (bicyclic) bond motifs is 1. The Balaban J connectivity index is 1.94. The van der Waals surface area contributed by atoms with Gasteiger partial charge in [-0.15, -0.1) is 0 Å². The van der Waals surface area contributed by atoms with Crippen molar-refractivity contribution in [1.82, 2.24) is 0 Å². The Labute approximate surface area is 128 Å². The molecule has 0 spiro atoms. The summed E-state index contributed by atoms with van der Waals surface area (Å²) < 4.78 is 5.67. The van der Waals surface area contributed by atoms with E-state index in [1.54, 1.807) is 6.07 Å². The third-order valence-electron chi connectivity index (χ3n) is 3.42. The Hall–Kier alpha value is -1.38. The van der Waals surface area contributed by atoms with Gasteiger partial charge in [0.15, 0.2) is 0 Å². The number of hydrogen-bond acceptors (Lipinski definition) is 2. The molecular weight excluding hydrogens is 293 g/mol. The van der Waals surface area contributed by atoms with Crippen molar-refractivity contribution in [3.8, 4) is 5.75 Å². The summed E-state index contributed by atoms with van der Waals surface area (Å²) in [4.78, 5) is 0. The number of hydrogen-bond donors (Lipinski definition) is 1. The van der Waals surface area contributed by atoms with Crippen molar-refractivity contribution in [2.45, 2.75) is 19.4 Å². The lowest BCUT2D eigenvalue weighted by molar-refractivity contribution is 0.274. The minimum atomic E-state index is 0.164. The second kappa shape index (κ2) is 5.55. The van der Waals surface area contributed by atoms with Crippen molar-refractivity contribution < 1.29 is 4.74 Å². The Morgan fingerprint density at radius 2 is 2.05 bits per heavy atom. The highest BCUT2D eigenvalue weighted by atomic mass is 35.5. The standard InChI is InChI=1S/C16H15Cl2NO/c1-10-3-2-4-12(7-10)19-15-5-6-20-16-13(15)8-11(17)9-14(16)18/h2-4,7-9,15,19H,5-6H2,1H3. The molecule has 0 fully saturated rings. The lowest BCUT2D eigenvalue weighted by Gasteiger charge is -2.28. The van der Waals surface area contributed by atoms with Gasteiger partial charge in [-0.2, -0.15) is 0 Å². The zero-order chi connectivity index (χ0) is 14.1. The number of rotatable bonds is 2. The Morgan fingerprint density at radius 1 is 1.20 bits per heavy atom. The number of benzene rings is 2. The van der Waals surface area contributed by atoms with Gasteiger partial charge in [0.2, 0.25) is 0 Å². The number of aryl methyl sites for hydroxylation is 1. The van der Waals surface area contributed by atoms with E-state index in [0.29, 0.717) is 16.7 Å². The maximum atomic E-state index is 6.20. The quantitative estimate of drug-likeness (QED) is 0.819. The Kier molecular flexibility index (Phi) is 3.77. The fourth-order valence-electron chi connectivity index (χ4n) is 2.51. The number of anilines is 1. The summed E-state index contributed by atoms with van der Waals surface area (Å²) in [5.41, 5.74) is 3.35. The summed E-state index contributed by atoms with van der Waals surface area (Å²) in [6, 6.07) is 12.1. The van der Waals surface area contributed by atoms with Gasteiger partial charge >= 0.3 is 0 Å². The summed E-state index contributed by atoms with van der Waals surface area (Å²) in [6.45, 7) is 2.73. The first-order chi connectivity index (χ1) is 9.63. The van der Waals surface area contributed by atoms with Crippen molar-refractivity contribution in [2.24, 2.45) is 0 Å². The van der Waals surface area contributed by atoms with Crippen LogP contribution in [0.2, 0.25) is 10.0 Å². The maximum Gasteiger partial charge on any atom is 0.143 e. The first-order valence-corrected chi connectivity index (χ1v) is 7.34. The zero-order valence-corrected chi connectivity index (χ0v) is 12.6. The second-order valence-electron chi connectivity index (χ2n) is 5.01. The van der Waals surface area contributed by atoms with E-state index in [2.05, 4.69) is 30.4 Å². The largest absolute Gasteiger partial charge is 0.492 e. The van der Waals surface area contributed by atoms with Gasteiger partial charge in [0.05, 0.1) is 17.7 Å². The summed E-state index contributed by atoms with van der Waals surface area (Å²) in [7, 11) is 0. The predicted octanol–water partition coefficient (Wildman–Crippen LogP) is 5.24. The van der Waals surface area contributed by atoms with Crippen LogP contribution in [0, 0.1) is 6.92 Å². The highest BCUT2D eigenvalue weighted by Crippen LogP contribution is 2.41. The van der Waals surface area contributed by atoms with Gasteiger partial charge in [-0.25, -0.2) is 0 Å². The number of halogens is 2. The summed E-state index contributed by atoms with van der Waals surface area (Å²) >= 11 is 12.3. The van der Waals surface area contributed by atoms with Gasteiger partial charge in [-0.1, -0.05) is 35.3 Å². The molecule has 2 aromatic rings. The van der Waals surface area contributed by atoms with Crippen molar-refractivity contribution in [1.29, 1.82) is 0 Å². The highest BCUT2D eigenvalue weighted by Gasteiger charge is 2.24. The van der Waals surface area contributed by atoms with Crippen LogP contribution in [0.15, 0.2) is 36.4 Å². The smallest absolute Gasteiger partial charge is 0.143 e. The monoisotopic (exact) mass is 307 g/mol. The second-order valence-corrected chi connectivity index (χ2v) is 5.85. The van der Waals surface area contributed by atoms with Crippen LogP contribution in [-0.2, 0) is 0 Å². The van der Waals surface area contributed by atoms with Gasteiger partial charge in [-0.3, -0.25) is 0 Å². The van der Waals surface area contributed by atoms with Crippen molar-refractivity contribution in [3.05, 3.63) is 57.6 Å². The third-order valence-corrected chi connectivity index (χ3v) is 3.92. The van der Waals surface area contributed by atoms with Crippen LogP contribution in [0.1, 0.15) is 23.6 Å². The maximum absolute atomic E-state index is 6.20. The fourth-order valence-corrected chi connectivity index (χ4v) is 3.08. The van der Waals surface area contributed by atoms with E-state index < -0.39 is 0 Å². The average molecular weight is 308 g/mol. The lowest BCUT2D eigenvalue weighted by Crippen LogP contribution is -2.20. The van der Waals surface area contributed by atoms with E-state index in [-0.39, 0.29) is 6.04 Å². The molecule has 0 aliphatic carbocycles. The lowest BCUT2D eigenvalue weighted by atomic mass is 10.00. The third kappa shape index (κ3) is 2.72. The first-order valence-electron chi connectivity index (χ1n) is 6.58. The molecule has 0 bridgehead atoms. The van der Waals surface area contributed by atoms with Gasteiger partial charge in [0, 0.05) is 22.7 Å². The predicted molar refractivity (Wildman–Crippen MR) is 84.1 cm³/mol. The van der Waals surface area contributed by atoms with E-state index in [0.717, 1.165) is 23.4 Å². The van der Waals surface area contributed by atoms with Gasteiger partial charge in [-0.05, 0) is 36.8 Å². The SMILES string of the molecule is Cc1cccc(NC2CCOc3c(Cl)cc(Cl)cc32)c1. The Morgan fingerprint density at radius 3 is 2.85 bits per heavy atom. The molecular formula is C16H15Cl2NO. The molecule has 1 aliphatic heterocycles. The fraction of sp³-hybridized carbons (Fsp3) is 0.250. The highest BCUT2D eigenvalue weighted by molar-refractivity contribution is 6.35. The molecule has 1 heterocycles. The van der Waals surface area contributed by atoms with E-state index in [4.69, 9.17) is 27.9 Å². The van der Waals surface area contributed by atoms with Crippen LogP contribution >= 0.6 is 23.2 Å². The minimum Gasteiger partial charge on any atom is -0.492 e. The molecule has 1 atom stereocenters. The van der Waals surface area contributed by atoms with Crippen molar-refractivity contribution in [3.63, 3.8) is 0 Å². The zero-order valence-electron chi connectivity index (χ0n) is 11.1. The van der Waals surface area contributed by atoms with Crippen LogP contribution in [0.4, 0.5) is 5.69 Å². The van der Waals surface area contributed by atoms with E-state index in [9.17, 15) is 0 Å². The molecule has 0 aromatic heterocycles. The molecule has 2 nitrogen and oxygen atoms in total. The molecule has 1 N–H and O–H groups in total. The van der Waals surface area contributed by atoms with Gasteiger partial charge in [0.1, 0.15) is 5.75 Å². The van der Waals surface area contributed by atoms with Crippen LogP contribution in [0.3, 0.4) is 0 Å². The topological polar surface area (TPSA) is 21.3 Å². The summed E-state index contributed by atoms with van der Waals surface area (Å²) in [6.07, 6.45) is 0.887. The molecule has 3 rings (SSSR count). The van der Waals surface area contributed by atoms with Crippen LogP contribution in [0.5, 0.6) is 5.75 Å². The van der Waals surface area contributed by atoms with Crippen LogP contribution in [-0.4, -0.2) is 6.61 Å². The van der Waals surface area contributed by atoms with Crippen molar-refractivity contribution >= 4 is 28.9 Å². The average Bonchev–Trinajstić information content (AvgIpc) is 2.40. The molecule has 1 aliphatic rings. The van der Waals surface area contributed by atoms with E-state index in [1.165, 1.54) is 5.56 Å². The molecule has 0 amide bonds. The van der Waals surface area contributed by atoms with Gasteiger partial charge in [0.25, 0.3) is 0 Å². The van der Waals surface area contributed by atoms with Gasteiger partial charge < -0.3 is 10.1 Å². The normalized spacial score (nSPS) is 17.2. The summed E-state index contributed by atoms with van der Waals surface area (Å²) in [5, 5.41) is 4.74. The summed E-state index contributed by atoms with van der Waals surface area (Å²) in [5.74, 6) is 0.743. The molecule has 104 valence electrons. The minimum absolute atomic E-state index is 0.164. The Bertz CT molecular complexity index is 642. The first kappa shape index (κ1) is 13.6.